The van der Waals surface area contributed by atoms with Crippen molar-refractivity contribution in [2.75, 3.05) is 6.54 Å². The molecule has 1 aliphatic heterocycles. The molecule has 1 N–H and O–H groups in total. The third-order valence-electron chi connectivity index (χ3n) is 2.94. The van der Waals surface area contributed by atoms with Crippen molar-refractivity contribution in [1.82, 2.24) is 5.32 Å². The molecule has 0 bridgehead atoms. The van der Waals surface area contributed by atoms with E-state index >= 15 is 0 Å². The van der Waals surface area contributed by atoms with Crippen LogP contribution in [0, 0.1) is 5.41 Å². The van der Waals surface area contributed by atoms with Gasteiger partial charge in [0.2, 0.25) is 0 Å². The summed E-state index contributed by atoms with van der Waals surface area (Å²) in [5.74, 6) is 0.953. The van der Waals surface area contributed by atoms with Gasteiger partial charge in [0.1, 0.15) is 5.82 Å². The van der Waals surface area contributed by atoms with Crippen LogP contribution >= 0.6 is 0 Å². The summed E-state index contributed by atoms with van der Waals surface area (Å²) in [6.07, 6.45) is 5.76. The second-order valence-corrected chi connectivity index (χ2v) is 3.58. The minimum absolute atomic E-state index is 0.434. The van der Waals surface area contributed by atoms with Gasteiger partial charge in [0.25, 0.3) is 0 Å². The summed E-state index contributed by atoms with van der Waals surface area (Å²) in [4.78, 5) is 3.98. The lowest BCUT2D eigenvalue weighted by molar-refractivity contribution is 0.493. The third kappa shape index (κ3) is 0.909. The first-order chi connectivity index (χ1) is 5.82. The normalized spacial score (nSPS) is 25.0. The van der Waals surface area contributed by atoms with Crippen molar-refractivity contribution in [2.24, 2.45) is 10.4 Å². The number of nitrogens with zero attached hydrogens (tertiary/aromatic N) is 1. The van der Waals surface area contributed by atoms with E-state index in [4.69, 9.17) is 0 Å². The highest BCUT2D eigenvalue weighted by atomic mass is 15.0. The molecule has 0 saturated heterocycles. The van der Waals surface area contributed by atoms with Crippen LogP contribution in [0.4, 0.5) is 0 Å². The highest BCUT2D eigenvalue weighted by molar-refractivity contribution is 5.40. The highest BCUT2D eigenvalue weighted by Gasteiger charge is 2.47. The van der Waals surface area contributed by atoms with Gasteiger partial charge >= 0.3 is 0 Å². The molecule has 1 saturated carbocycles. The van der Waals surface area contributed by atoms with E-state index in [1.807, 2.05) is 6.08 Å². The first-order valence-electron chi connectivity index (χ1n) is 4.40. The third-order valence-corrected chi connectivity index (χ3v) is 2.94. The molecule has 0 radical (unpaired) electrons. The Morgan fingerprint density at radius 3 is 2.67 bits per heavy atom. The van der Waals surface area contributed by atoms with E-state index in [2.05, 4.69) is 23.6 Å². The SMILES string of the molecule is C=CC1=C(N=C)NCCC12CC2. The summed E-state index contributed by atoms with van der Waals surface area (Å²) in [5.41, 5.74) is 1.72. The van der Waals surface area contributed by atoms with Gasteiger partial charge < -0.3 is 5.32 Å². The maximum absolute atomic E-state index is 3.98. The Balaban J connectivity index is 2.40. The monoisotopic (exact) mass is 162 g/mol. The van der Waals surface area contributed by atoms with Crippen LogP contribution in [0.5, 0.6) is 0 Å². The summed E-state index contributed by atoms with van der Waals surface area (Å²) in [7, 11) is 0. The van der Waals surface area contributed by atoms with E-state index in [1.165, 1.54) is 24.8 Å². The Labute approximate surface area is 73.1 Å². The molecule has 2 rings (SSSR count). The minimum Gasteiger partial charge on any atom is -0.370 e. The standard InChI is InChI=1S/C10H14N2/c1-3-8-9(11-2)12-7-6-10(8)4-5-10/h3,12H,1-2,4-7H2. The maximum Gasteiger partial charge on any atom is 0.128 e. The molecule has 1 fully saturated rings. The van der Waals surface area contributed by atoms with Crippen LogP contribution < -0.4 is 5.32 Å². The molecule has 0 atom stereocenters. The molecule has 1 heterocycles. The zero-order valence-electron chi connectivity index (χ0n) is 7.27. The summed E-state index contributed by atoms with van der Waals surface area (Å²) in [6, 6.07) is 0. The molecule has 64 valence electrons. The van der Waals surface area contributed by atoms with Gasteiger partial charge in [-0.25, -0.2) is 4.99 Å². The van der Waals surface area contributed by atoms with Gasteiger partial charge in [-0.15, -0.1) is 0 Å². The summed E-state index contributed by atoms with van der Waals surface area (Å²) >= 11 is 0. The average molecular weight is 162 g/mol. The van der Waals surface area contributed by atoms with Crippen molar-refractivity contribution in [3.63, 3.8) is 0 Å². The van der Waals surface area contributed by atoms with E-state index in [0.717, 1.165) is 12.4 Å². The second kappa shape index (κ2) is 2.47. The van der Waals surface area contributed by atoms with Gasteiger partial charge in [-0.1, -0.05) is 12.7 Å². The smallest absolute Gasteiger partial charge is 0.128 e. The molecule has 1 spiro atoms. The fourth-order valence-electron chi connectivity index (χ4n) is 2.03. The lowest BCUT2D eigenvalue weighted by Gasteiger charge is -2.25. The van der Waals surface area contributed by atoms with E-state index in [0.29, 0.717) is 5.41 Å². The first kappa shape index (κ1) is 7.59. The van der Waals surface area contributed by atoms with Crippen LogP contribution in [-0.2, 0) is 0 Å². The van der Waals surface area contributed by atoms with Gasteiger partial charge in [0.15, 0.2) is 0 Å². The zero-order valence-corrected chi connectivity index (χ0v) is 7.27. The van der Waals surface area contributed by atoms with Crippen molar-refractivity contribution in [1.29, 1.82) is 0 Å². The Hall–Kier alpha value is -1.05. The number of nitrogens with one attached hydrogen (secondary N) is 1. The molecule has 0 unspecified atom stereocenters. The molecule has 0 aromatic rings. The molecule has 1 aliphatic carbocycles. The Morgan fingerprint density at radius 2 is 2.17 bits per heavy atom. The molecule has 0 aromatic carbocycles. The first-order valence-corrected chi connectivity index (χ1v) is 4.40. The van der Waals surface area contributed by atoms with Crippen LogP contribution in [0.15, 0.2) is 29.0 Å². The van der Waals surface area contributed by atoms with Crippen LogP contribution in [0.25, 0.3) is 0 Å². The van der Waals surface area contributed by atoms with Gasteiger partial charge in [0.05, 0.1) is 0 Å². The van der Waals surface area contributed by atoms with E-state index in [-0.39, 0.29) is 0 Å². The van der Waals surface area contributed by atoms with Crippen LogP contribution in [-0.4, -0.2) is 13.3 Å². The van der Waals surface area contributed by atoms with Crippen LogP contribution in [0.2, 0.25) is 0 Å². The number of rotatable bonds is 2. The summed E-state index contributed by atoms with van der Waals surface area (Å²) < 4.78 is 0. The van der Waals surface area contributed by atoms with E-state index < -0.39 is 0 Å². The minimum atomic E-state index is 0.434. The molecule has 2 heteroatoms. The summed E-state index contributed by atoms with van der Waals surface area (Å²) in [5, 5.41) is 3.24. The van der Waals surface area contributed by atoms with Gasteiger partial charge in [-0.05, 0) is 26.0 Å². The molecular weight excluding hydrogens is 148 g/mol. The van der Waals surface area contributed by atoms with E-state index in [1.54, 1.807) is 0 Å². The van der Waals surface area contributed by atoms with Crippen LogP contribution in [0.1, 0.15) is 19.3 Å². The molecular formula is C10H14N2. The summed E-state index contributed by atoms with van der Waals surface area (Å²) in [6.45, 7) is 8.42. The van der Waals surface area contributed by atoms with Crippen molar-refractivity contribution in [2.45, 2.75) is 19.3 Å². The molecule has 2 nitrogen and oxygen atoms in total. The number of aliphatic imine (C=N–C) groups is 1. The highest BCUT2D eigenvalue weighted by Crippen LogP contribution is 2.56. The fraction of sp³-hybridized carbons (Fsp3) is 0.500. The number of hydrogen-bond acceptors (Lipinski definition) is 2. The Bertz CT molecular complexity index is 259. The van der Waals surface area contributed by atoms with Crippen molar-refractivity contribution in [3.8, 4) is 0 Å². The topological polar surface area (TPSA) is 24.4 Å². The van der Waals surface area contributed by atoms with Crippen molar-refractivity contribution < 1.29 is 0 Å². The Kier molecular flexibility index (Phi) is 1.56. The Morgan fingerprint density at radius 1 is 1.42 bits per heavy atom. The molecule has 0 amide bonds. The largest absolute Gasteiger partial charge is 0.370 e. The predicted molar refractivity (Wildman–Crippen MR) is 51.1 cm³/mol. The average Bonchev–Trinajstić information content (AvgIpc) is 2.85. The zero-order chi connectivity index (χ0) is 8.60. The van der Waals surface area contributed by atoms with Crippen molar-refractivity contribution >= 4 is 6.72 Å². The molecule has 2 aliphatic rings. The lowest BCUT2D eigenvalue weighted by atomic mass is 9.89. The maximum atomic E-state index is 3.98. The van der Waals surface area contributed by atoms with Gasteiger partial charge in [-0.3, -0.25) is 0 Å². The lowest BCUT2D eigenvalue weighted by Crippen LogP contribution is -2.27. The van der Waals surface area contributed by atoms with E-state index in [9.17, 15) is 0 Å². The van der Waals surface area contributed by atoms with Gasteiger partial charge in [0, 0.05) is 17.5 Å². The van der Waals surface area contributed by atoms with Crippen molar-refractivity contribution in [3.05, 3.63) is 24.0 Å². The molecule has 0 aromatic heterocycles. The number of hydrogen-bond donors (Lipinski definition) is 1. The second-order valence-electron chi connectivity index (χ2n) is 3.58. The number of allylic oxidation sites excluding steroid dienone is 2. The quantitative estimate of drug-likeness (QED) is 0.616. The fourth-order valence-corrected chi connectivity index (χ4v) is 2.03. The van der Waals surface area contributed by atoms with Gasteiger partial charge in [-0.2, -0.15) is 0 Å². The van der Waals surface area contributed by atoms with Crippen LogP contribution in [0.3, 0.4) is 0 Å². The molecule has 12 heavy (non-hydrogen) atoms. The predicted octanol–water partition coefficient (Wildman–Crippen LogP) is 1.86.